The molecule has 1 aliphatic heterocycles. The van der Waals surface area contributed by atoms with E-state index in [0.717, 1.165) is 30.9 Å². The van der Waals surface area contributed by atoms with Crippen molar-refractivity contribution in [1.29, 1.82) is 0 Å². The molecule has 0 aliphatic carbocycles. The minimum Gasteiger partial charge on any atom is -0.352 e. The van der Waals surface area contributed by atoms with Gasteiger partial charge in [-0.1, -0.05) is 11.6 Å². The lowest BCUT2D eigenvalue weighted by Gasteiger charge is -2.28. The van der Waals surface area contributed by atoms with E-state index in [1.54, 1.807) is 0 Å². The van der Waals surface area contributed by atoms with E-state index in [-0.39, 0.29) is 5.82 Å². The molecule has 0 unspecified atom stereocenters. The smallest absolute Gasteiger partial charge is 0.141 e. The van der Waals surface area contributed by atoms with Crippen molar-refractivity contribution in [3.63, 3.8) is 0 Å². The van der Waals surface area contributed by atoms with Crippen LogP contribution >= 0.6 is 0 Å². The third-order valence-electron chi connectivity index (χ3n) is 2.87. The molecule has 4 heteroatoms. The number of anilines is 1. The van der Waals surface area contributed by atoms with Gasteiger partial charge in [0.1, 0.15) is 11.6 Å². The first-order valence-electron chi connectivity index (χ1n) is 5.46. The predicted octanol–water partition coefficient (Wildman–Crippen LogP) is 1.84. The van der Waals surface area contributed by atoms with Gasteiger partial charge in [0, 0.05) is 25.2 Å². The van der Waals surface area contributed by atoms with Crippen LogP contribution in [0.4, 0.5) is 10.2 Å². The van der Waals surface area contributed by atoms with Gasteiger partial charge >= 0.3 is 0 Å². The van der Waals surface area contributed by atoms with Crippen LogP contribution in [-0.4, -0.2) is 18.1 Å². The van der Waals surface area contributed by atoms with Crippen LogP contribution in [0.25, 0.3) is 0 Å². The van der Waals surface area contributed by atoms with Gasteiger partial charge in [0.25, 0.3) is 0 Å². The summed E-state index contributed by atoms with van der Waals surface area (Å²) in [5, 5.41) is 0. The number of nitrogens with zero attached hydrogens (tertiary/aromatic N) is 2. The van der Waals surface area contributed by atoms with Crippen LogP contribution in [0.3, 0.4) is 0 Å². The van der Waals surface area contributed by atoms with E-state index in [1.807, 2.05) is 0 Å². The highest BCUT2D eigenvalue weighted by Gasteiger charge is 2.14. The fourth-order valence-electron chi connectivity index (χ4n) is 1.87. The average molecular weight is 221 g/mol. The Kier molecular flexibility index (Phi) is 3.19. The fourth-order valence-corrected chi connectivity index (χ4v) is 1.87. The summed E-state index contributed by atoms with van der Waals surface area (Å²) in [6.07, 6.45) is 4.46. The highest BCUT2D eigenvalue weighted by Crippen LogP contribution is 2.21. The van der Waals surface area contributed by atoms with Crippen LogP contribution in [0.1, 0.15) is 18.9 Å². The van der Waals surface area contributed by atoms with Crippen molar-refractivity contribution >= 4 is 5.82 Å². The van der Waals surface area contributed by atoms with E-state index in [9.17, 15) is 4.39 Å². The second kappa shape index (κ2) is 4.61. The number of halogens is 1. The second-order valence-electron chi connectivity index (χ2n) is 4.09. The van der Waals surface area contributed by atoms with Gasteiger partial charge in [0.05, 0.1) is 6.20 Å². The van der Waals surface area contributed by atoms with Crippen molar-refractivity contribution in [2.45, 2.75) is 19.9 Å². The highest BCUT2D eigenvalue weighted by atomic mass is 19.1. The van der Waals surface area contributed by atoms with E-state index in [2.05, 4.69) is 22.9 Å². The Morgan fingerprint density at radius 2 is 2.38 bits per heavy atom. The molecule has 2 heterocycles. The fraction of sp³-hybridized carbons (Fsp3) is 0.417. The summed E-state index contributed by atoms with van der Waals surface area (Å²) < 4.78 is 13.0. The zero-order chi connectivity index (χ0) is 11.5. The Labute approximate surface area is 94.8 Å². The molecule has 0 radical (unpaired) electrons. The first-order chi connectivity index (χ1) is 7.70. The standard InChI is InChI=1S/C12H16FN3/c1-9-2-4-16(5-3-9)12-10(7-14)6-11(13)8-15-12/h2,6,8H,3-5,7,14H2,1H3. The predicted molar refractivity (Wildman–Crippen MR) is 62.7 cm³/mol. The third-order valence-corrected chi connectivity index (χ3v) is 2.87. The van der Waals surface area contributed by atoms with Gasteiger partial charge < -0.3 is 10.6 Å². The molecule has 0 aromatic carbocycles. The summed E-state index contributed by atoms with van der Waals surface area (Å²) >= 11 is 0. The summed E-state index contributed by atoms with van der Waals surface area (Å²) in [5.74, 6) is 0.487. The van der Waals surface area contributed by atoms with Crippen molar-refractivity contribution in [3.8, 4) is 0 Å². The molecule has 0 bridgehead atoms. The molecule has 1 aromatic heterocycles. The summed E-state index contributed by atoms with van der Waals surface area (Å²) in [6, 6.07) is 1.47. The molecule has 0 amide bonds. The molecule has 2 rings (SSSR count). The van der Waals surface area contributed by atoms with Crippen LogP contribution in [0, 0.1) is 5.82 Å². The van der Waals surface area contributed by atoms with Crippen molar-refractivity contribution in [3.05, 3.63) is 35.3 Å². The Morgan fingerprint density at radius 1 is 1.56 bits per heavy atom. The van der Waals surface area contributed by atoms with Gasteiger partial charge in [-0.05, 0) is 19.4 Å². The molecule has 1 aromatic rings. The van der Waals surface area contributed by atoms with Crippen LogP contribution < -0.4 is 10.6 Å². The molecule has 0 fully saturated rings. The number of pyridine rings is 1. The maximum absolute atomic E-state index is 13.0. The number of hydrogen-bond donors (Lipinski definition) is 1. The van der Waals surface area contributed by atoms with Gasteiger partial charge in [-0.15, -0.1) is 0 Å². The minimum absolute atomic E-state index is 0.319. The zero-order valence-electron chi connectivity index (χ0n) is 9.41. The van der Waals surface area contributed by atoms with E-state index in [4.69, 9.17) is 5.73 Å². The van der Waals surface area contributed by atoms with Crippen LogP contribution in [0.15, 0.2) is 23.9 Å². The molecule has 86 valence electrons. The molecule has 16 heavy (non-hydrogen) atoms. The lowest BCUT2D eigenvalue weighted by molar-refractivity contribution is 0.616. The Balaban J connectivity index is 2.27. The largest absolute Gasteiger partial charge is 0.352 e. The topological polar surface area (TPSA) is 42.2 Å². The second-order valence-corrected chi connectivity index (χ2v) is 4.09. The van der Waals surface area contributed by atoms with Crippen molar-refractivity contribution in [2.24, 2.45) is 5.73 Å². The first kappa shape index (κ1) is 11.1. The summed E-state index contributed by atoms with van der Waals surface area (Å²) in [7, 11) is 0. The van der Waals surface area contributed by atoms with E-state index >= 15 is 0 Å². The molecule has 0 saturated heterocycles. The molecule has 0 spiro atoms. The van der Waals surface area contributed by atoms with E-state index in [0.29, 0.717) is 6.54 Å². The van der Waals surface area contributed by atoms with E-state index in [1.165, 1.54) is 17.8 Å². The number of hydrogen-bond acceptors (Lipinski definition) is 3. The van der Waals surface area contributed by atoms with Crippen LogP contribution in [0.5, 0.6) is 0 Å². The molecular weight excluding hydrogens is 205 g/mol. The number of aromatic nitrogens is 1. The van der Waals surface area contributed by atoms with Gasteiger partial charge in [0.15, 0.2) is 0 Å². The quantitative estimate of drug-likeness (QED) is 0.775. The van der Waals surface area contributed by atoms with Crippen LogP contribution in [-0.2, 0) is 6.54 Å². The van der Waals surface area contributed by atoms with Crippen molar-refractivity contribution < 1.29 is 4.39 Å². The van der Waals surface area contributed by atoms with Crippen molar-refractivity contribution in [1.82, 2.24) is 4.98 Å². The van der Waals surface area contributed by atoms with Gasteiger partial charge in [-0.25, -0.2) is 9.37 Å². The summed E-state index contributed by atoms with van der Waals surface area (Å²) in [5.41, 5.74) is 7.77. The minimum atomic E-state index is -0.326. The first-order valence-corrected chi connectivity index (χ1v) is 5.46. The van der Waals surface area contributed by atoms with Gasteiger partial charge in [0.2, 0.25) is 0 Å². The number of nitrogens with two attached hydrogens (primary N) is 1. The zero-order valence-corrected chi connectivity index (χ0v) is 9.41. The third kappa shape index (κ3) is 2.22. The maximum Gasteiger partial charge on any atom is 0.141 e. The lowest BCUT2D eigenvalue weighted by Crippen LogP contribution is -2.30. The molecule has 0 saturated carbocycles. The Hall–Kier alpha value is -1.42. The SMILES string of the molecule is CC1=CCN(c2ncc(F)cc2CN)CC1. The Morgan fingerprint density at radius 3 is 3.00 bits per heavy atom. The van der Waals surface area contributed by atoms with Crippen LogP contribution in [0.2, 0.25) is 0 Å². The normalized spacial score (nSPS) is 16.2. The molecule has 0 atom stereocenters. The molecule has 1 aliphatic rings. The molecule has 2 N–H and O–H groups in total. The maximum atomic E-state index is 13.0. The van der Waals surface area contributed by atoms with Crippen molar-refractivity contribution in [2.75, 3.05) is 18.0 Å². The molecule has 3 nitrogen and oxygen atoms in total. The van der Waals surface area contributed by atoms with Gasteiger partial charge in [-0.2, -0.15) is 0 Å². The highest BCUT2D eigenvalue weighted by molar-refractivity contribution is 5.48. The number of rotatable bonds is 2. The molecular formula is C12H16FN3. The monoisotopic (exact) mass is 221 g/mol. The summed E-state index contributed by atoms with van der Waals surface area (Å²) in [6.45, 7) is 4.20. The lowest BCUT2D eigenvalue weighted by atomic mass is 10.1. The average Bonchev–Trinajstić information content (AvgIpc) is 2.30. The Bertz CT molecular complexity index is 415. The van der Waals surface area contributed by atoms with Gasteiger partial charge in [-0.3, -0.25) is 0 Å². The summed E-state index contributed by atoms with van der Waals surface area (Å²) in [4.78, 5) is 6.27. The van der Waals surface area contributed by atoms with E-state index < -0.39 is 0 Å².